The molecule has 0 aliphatic heterocycles. The molecule has 2 nitrogen and oxygen atoms in total. The van der Waals surface area contributed by atoms with Crippen LogP contribution in [0.25, 0.3) is 21.5 Å². The van der Waals surface area contributed by atoms with E-state index < -0.39 is 0 Å². The Morgan fingerprint density at radius 1 is 0.370 bits per heavy atom. The molecule has 0 heterocycles. The maximum atomic E-state index is 3.80. The van der Waals surface area contributed by atoms with E-state index in [0.29, 0.717) is 0 Å². The van der Waals surface area contributed by atoms with E-state index >= 15 is 0 Å². The standard InChI is InChI=1S/C50H50Br2N2/c1-3-5-7-9-17-37-27-31-41(32-28-37)53(43-21-15-19-39(51)35-43)49-45-23-11-13-25-47(45)50(48-26-14-12-24-46(48)49)54(44-22-16-20-40(52)36-44)42-33-29-38(30-34-42)18-10-8-6-4-2/h11-16,19-36H,3-10,17-18H2,1-2H3. The Balaban J connectivity index is 1.43. The summed E-state index contributed by atoms with van der Waals surface area (Å²) >= 11 is 7.61. The van der Waals surface area contributed by atoms with Gasteiger partial charge in [-0.1, -0.05) is 169 Å². The molecule has 0 radical (unpaired) electrons. The summed E-state index contributed by atoms with van der Waals surface area (Å²) in [6.45, 7) is 4.55. The normalized spacial score (nSPS) is 11.3. The number of nitrogens with zero attached hydrogens (tertiary/aromatic N) is 2. The van der Waals surface area contributed by atoms with Gasteiger partial charge in [0, 0.05) is 53.2 Å². The molecule has 7 aromatic carbocycles. The maximum Gasteiger partial charge on any atom is 0.0619 e. The first-order valence-electron chi connectivity index (χ1n) is 19.8. The molecular formula is C50H50Br2N2. The monoisotopic (exact) mass is 836 g/mol. The van der Waals surface area contributed by atoms with Gasteiger partial charge in [0.1, 0.15) is 0 Å². The van der Waals surface area contributed by atoms with Gasteiger partial charge in [-0.25, -0.2) is 0 Å². The largest absolute Gasteiger partial charge is 0.309 e. The van der Waals surface area contributed by atoms with E-state index in [1.807, 2.05) is 0 Å². The molecule has 0 aliphatic rings. The van der Waals surface area contributed by atoms with Gasteiger partial charge >= 0.3 is 0 Å². The fraction of sp³-hybridized carbons (Fsp3) is 0.240. The predicted molar refractivity (Wildman–Crippen MR) is 242 cm³/mol. The molecule has 7 aromatic rings. The van der Waals surface area contributed by atoms with Crippen molar-refractivity contribution < 1.29 is 0 Å². The van der Waals surface area contributed by atoms with Crippen molar-refractivity contribution in [3.8, 4) is 0 Å². The van der Waals surface area contributed by atoms with E-state index in [1.54, 1.807) is 0 Å². The second-order valence-corrected chi connectivity index (χ2v) is 16.2. The molecule has 4 heteroatoms. The Bertz CT molecular complexity index is 2070. The van der Waals surface area contributed by atoms with Gasteiger partial charge in [-0.15, -0.1) is 0 Å². The highest BCUT2D eigenvalue weighted by Crippen LogP contribution is 2.51. The summed E-state index contributed by atoms with van der Waals surface area (Å²) in [5.74, 6) is 0. The van der Waals surface area contributed by atoms with Crippen LogP contribution in [0.5, 0.6) is 0 Å². The molecule has 0 spiro atoms. The average Bonchev–Trinajstić information content (AvgIpc) is 3.20. The van der Waals surface area contributed by atoms with Gasteiger partial charge in [-0.05, 0) is 97.5 Å². The van der Waals surface area contributed by atoms with Crippen LogP contribution in [-0.4, -0.2) is 0 Å². The molecule has 0 unspecified atom stereocenters. The molecule has 0 fully saturated rings. The second kappa shape index (κ2) is 18.3. The van der Waals surface area contributed by atoms with Crippen LogP contribution < -0.4 is 9.80 Å². The van der Waals surface area contributed by atoms with Crippen LogP contribution in [0.4, 0.5) is 34.1 Å². The van der Waals surface area contributed by atoms with Crippen LogP contribution in [-0.2, 0) is 12.8 Å². The molecule has 54 heavy (non-hydrogen) atoms. The minimum atomic E-state index is 1.05. The lowest BCUT2D eigenvalue weighted by atomic mass is 9.95. The summed E-state index contributed by atoms with van der Waals surface area (Å²) in [5.41, 5.74) is 9.66. The molecule has 0 aromatic heterocycles. The third-order valence-corrected chi connectivity index (χ3v) is 11.5. The smallest absolute Gasteiger partial charge is 0.0619 e. The molecule has 7 rings (SSSR count). The Hall–Kier alpha value is -4.38. The van der Waals surface area contributed by atoms with E-state index in [0.717, 1.165) is 44.5 Å². The van der Waals surface area contributed by atoms with Crippen molar-refractivity contribution in [2.24, 2.45) is 0 Å². The van der Waals surface area contributed by atoms with Crippen LogP contribution in [0, 0.1) is 0 Å². The fourth-order valence-corrected chi connectivity index (χ4v) is 8.52. The van der Waals surface area contributed by atoms with Gasteiger partial charge in [0.2, 0.25) is 0 Å². The summed E-state index contributed by atoms with van der Waals surface area (Å²) in [5, 5.41) is 4.79. The molecular weight excluding hydrogens is 788 g/mol. The minimum Gasteiger partial charge on any atom is -0.309 e. The predicted octanol–water partition coefficient (Wildman–Crippen LogP) is 16.7. The number of aryl methyl sites for hydroxylation is 2. The van der Waals surface area contributed by atoms with Gasteiger partial charge in [0.15, 0.2) is 0 Å². The fourth-order valence-electron chi connectivity index (χ4n) is 7.74. The van der Waals surface area contributed by atoms with Crippen molar-refractivity contribution in [2.75, 3.05) is 9.80 Å². The van der Waals surface area contributed by atoms with Crippen molar-refractivity contribution in [3.05, 3.63) is 166 Å². The second-order valence-electron chi connectivity index (χ2n) is 14.4. The van der Waals surface area contributed by atoms with Crippen LogP contribution in [0.2, 0.25) is 0 Å². The van der Waals surface area contributed by atoms with Crippen LogP contribution >= 0.6 is 31.9 Å². The van der Waals surface area contributed by atoms with Crippen LogP contribution in [0.15, 0.2) is 155 Å². The highest BCUT2D eigenvalue weighted by atomic mass is 79.9. The van der Waals surface area contributed by atoms with E-state index in [2.05, 4.69) is 201 Å². The van der Waals surface area contributed by atoms with Gasteiger partial charge in [0.25, 0.3) is 0 Å². The molecule has 0 atom stereocenters. The summed E-state index contributed by atoms with van der Waals surface area (Å²) in [6, 6.07) is 53.8. The number of fused-ring (bicyclic) bond motifs is 2. The lowest BCUT2D eigenvalue weighted by Gasteiger charge is -2.33. The zero-order chi connectivity index (χ0) is 37.3. The molecule has 0 N–H and O–H groups in total. The number of hydrogen-bond acceptors (Lipinski definition) is 2. The lowest BCUT2D eigenvalue weighted by molar-refractivity contribution is 0.667. The Morgan fingerprint density at radius 2 is 0.741 bits per heavy atom. The zero-order valence-electron chi connectivity index (χ0n) is 31.6. The summed E-state index contributed by atoms with van der Waals surface area (Å²) in [6.07, 6.45) is 12.4. The summed E-state index contributed by atoms with van der Waals surface area (Å²) < 4.78 is 2.11. The van der Waals surface area contributed by atoms with Gasteiger partial charge in [0.05, 0.1) is 11.4 Å². The van der Waals surface area contributed by atoms with Crippen molar-refractivity contribution in [1.29, 1.82) is 0 Å². The van der Waals surface area contributed by atoms with Crippen molar-refractivity contribution in [3.63, 3.8) is 0 Å². The van der Waals surface area contributed by atoms with Crippen LogP contribution in [0.1, 0.15) is 76.3 Å². The topological polar surface area (TPSA) is 6.48 Å². The minimum absolute atomic E-state index is 1.05. The average molecular weight is 839 g/mol. The summed E-state index contributed by atoms with van der Waals surface area (Å²) in [4.78, 5) is 4.91. The maximum absolute atomic E-state index is 3.80. The van der Waals surface area contributed by atoms with Crippen molar-refractivity contribution >= 4 is 87.5 Å². The van der Waals surface area contributed by atoms with E-state index in [-0.39, 0.29) is 0 Å². The molecule has 274 valence electrons. The van der Waals surface area contributed by atoms with Crippen molar-refractivity contribution in [1.82, 2.24) is 0 Å². The first kappa shape index (κ1) is 37.9. The van der Waals surface area contributed by atoms with Gasteiger partial charge in [-0.3, -0.25) is 0 Å². The zero-order valence-corrected chi connectivity index (χ0v) is 34.7. The third kappa shape index (κ3) is 8.61. The molecule has 0 aliphatic carbocycles. The van der Waals surface area contributed by atoms with E-state index in [1.165, 1.54) is 95.4 Å². The first-order chi connectivity index (χ1) is 26.6. The highest BCUT2D eigenvalue weighted by Gasteiger charge is 2.25. The number of rotatable bonds is 16. The van der Waals surface area contributed by atoms with Crippen molar-refractivity contribution in [2.45, 2.75) is 78.1 Å². The molecule has 0 saturated heterocycles. The Labute approximate surface area is 339 Å². The number of unbranched alkanes of at least 4 members (excludes halogenated alkanes) is 6. The number of hydrogen-bond donors (Lipinski definition) is 0. The van der Waals surface area contributed by atoms with E-state index in [9.17, 15) is 0 Å². The molecule has 0 amide bonds. The quantitative estimate of drug-likeness (QED) is 0.0543. The molecule has 0 bridgehead atoms. The number of benzene rings is 7. The SMILES string of the molecule is CCCCCCc1ccc(N(c2cccc(Br)c2)c2c3ccccc3c(N(c3ccc(CCCCCC)cc3)c3cccc(Br)c3)c3ccccc23)cc1. The Kier molecular flexibility index (Phi) is 12.8. The summed E-state index contributed by atoms with van der Waals surface area (Å²) in [7, 11) is 0. The van der Waals surface area contributed by atoms with Gasteiger partial charge < -0.3 is 9.80 Å². The molecule has 0 saturated carbocycles. The first-order valence-corrected chi connectivity index (χ1v) is 21.4. The highest BCUT2D eigenvalue weighted by molar-refractivity contribution is 9.10. The lowest BCUT2D eigenvalue weighted by Crippen LogP contribution is -2.14. The number of anilines is 6. The van der Waals surface area contributed by atoms with Crippen LogP contribution in [0.3, 0.4) is 0 Å². The van der Waals surface area contributed by atoms with Gasteiger partial charge in [-0.2, -0.15) is 0 Å². The van der Waals surface area contributed by atoms with E-state index in [4.69, 9.17) is 0 Å². The Morgan fingerprint density at radius 3 is 1.07 bits per heavy atom. The number of halogens is 2. The third-order valence-electron chi connectivity index (χ3n) is 10.5.